The molecule has 0 amide bonds. The third-order valence-electron chi connectivity index (χ3n) is 1.35. The van der Waals surface area contributed by atoms with Gasteiger partial charge in [-0.25, -0.2) is 0 Å². The summed E-state index contributed by atoms with van der Waals surface area (Å²) >= 11 is 0. The third-order valence-corrected chi connectivity index (χ3v) is 1.35. The van der Waals surface area contributed by atoms with Crippen molar-refractivity contribution in [3.8, 4) is 0 Å². The fraction of sp³-hybridized carbons (Fsp3) is 0.250. The Morgan fingerprint density at radius 3 is 1.64 bits per heavy atom. The van der Waals surface area contributed by atoms with Crippen molar-refractivity contribution >= 4 is 0 Å². The molecule has 1 aliphatic rings. The van der Waals surface area contributed by atoms with Crippen LogP contribution >= 0.6 is 0 Å². The van der Waals surface area contributed by atoms with Gasteiger partial charge in [0.25, 0.3) is 0 Å². The molecule has 1 aliphatic carbocycles. The Labute approximate surface area is 62.7 Å². The molecule has 0 heterocycles. The molecule has 0 aromatic heterocycles. The Kier molecular flexibility index (Phi) is 2.17. The van der Waals surface area contributed by atoms with Gasteiger partial charge in [0, 0.05) is 0 Å². The van der Waals surface area contributed by atoms with E-state index >= 15 is 0 Å². The van der Waals surface area contributed by atoms with E-state index in [2.05, 4.69) is 0 Å². The standard InChI is InChI=1S/C8H7F3/c9-8(10,11)7-5-3-1-2-4-6-7/h1-7H. The highest BCUT2D eigenvalue weighted by Gasteiger charge is 2.35. The van der Waals surface area contributed by atoms with Crippen LogP contribution in [0.3, 0.4) is 0 Å². The molecular formula is C8H7F3. The Morgan fingerprint density at radius 2 is 1.27 bits per heavy atom. The average molecular weight is 160 g/mol. The summed E-state index contributed by atoms with van der Waals surface area (Å²) in [4.78, 5) is 0. The van der Waals surface area contributed by atoms with Crippen molar-refractivity contribution in [2.45, 2.75) is 6.18 Å². The highest BCUT2D eigenvalue weighted by molar-refractivity contribution is 5.20. The minimum absolute atomic E-state index is 1.12. The van der Waals surface area contributed by atoms with Gasteiger partial charge in [-0.05, 0) is 0 Å². The van der Waals surface area contributed by atoms with Gasteiger partial charge in [-0.1, -0.05) is 36.5 Å². The maximum atomic E-state index is 12.0. The van der Waals surface area contributed by atoms with E-state index in [1.807, 2.05) is 0 Å². The second-order valence-electron chi connectivity index (χ2n) is 2.22. The third kappa shape index (κ3) is 2.26. The van der Waals surface area contributed by atoms with Crippen LogP contribution in [0.1, 0.15) is 0 Å². The lowest BCUT2D eigenvalue weighted by Crippen LogP contribution is -2.18. The van der Waals surface area contributed by atoms with E-state index in [0.717, 1.165) is 12.2 Å². The van der Waals surface area contributed by atoms with Crippen molar-refractivity contribution in [2.75, 3.05) is 0 Å². The van der Waals surface area contributed by atoms with Crippen LogP contribution in [0.4, 0.5) is 13.2 Å². The van der Waals surface area contributed by atoms with Crippen molar-refractivity contribution in [3.63, 3.8) is 0 Å². The van der Waals surface area contributed by atoms with Gasteiger partial charge < -0.3 is 0 Å². The minimum Gasteiger partial charge on any atom is -0.170 e. The zero-order valence-corrected chi connectivity index (χ0v) is 5.68. The topological polar surface area (TPSA) is 0 Å². The van der Waals surface area contributed by atoms with Gasteiger partial charge in [0.15, 0.2) is 0 Å². The van der Waals surface area contributed by atoms with Crippen LogP contribution in [0.25, 0.3) is 0 Å². The molecule has 0 nitrogen and oxygen atoms in total. The molecule has 0 saturated heterocycles. The van der Waals surface area contributed by atoms with E-state index in [-0.39, 0.29) is 0 Å². The van der Waals surface area contributed by atoms with Gasteiger partial charge in [0.1, 0.15) is 0 Å². The number of hydrogen-bond acceptors (Lipinski definition) is 0. The number of halogens is 3. The van der Waals surface area contributed by atoms with E-state index in [1.165, 1.54) is 12.2 Å². The highest BCUT2D eigenvalue weighted by atomic mass is 19.4. The second-order valence-corrected chi connectivity index (χ2v) is 2.22. The molecule has 0 aromatic rings. The van der Waals surface area contributed by atoms with Crippen molar-refractivity contribution in [1.29, 1.82) is 0 Å². The van der Waals surface area contributed by atoms with Crippen molar-refractivity contribution in [2.24, 2.45) is 5.92 Å². The van der Waals surface area contributed by atoms with Crippen LogP contribution in [0.2, 0.25) is 0 Å². The molecule has 0 N–H and O–H groups in total. The summed E-state index contributed by atoms with van der Waals surface area (Å²) in [5.41, 5.74) is 0. The summed E-state index contributed by atoms with van der Waals surface area (Å²) in [7, 11) is 0. The molecule has 0 aliphatic heterocycles. The molecule has 11 heavy (non-hydrogen) atoms. The second kappa shape index (κ2) is 2.95. The first-order valence-corrected chi connectivity index (χ1v) is 3.19. The Balaban J connectivity index is 2.75. The molecule has 0 saturated carbocycles. The first-order valence-electron chi connectivity index (χ1n) is 3.19. The van der Waals surface area contributed by atoms with E-state index in [0.29, 0.717) is 0 Å². The van der Waals surface area contributed by atoms with Crippen LogP contribution in [0.15, 0.2) is 36.5 Å². The Bertz CT molecular complexity index is 192. The van der Waals surface area contributed by atoms with Crippen LogP contribution in [0.5, 0.6) is 0 Å². The van der Waals surface area contributed by atoms with Crippen LogP contribution < -0.4 is 0 Å². The van der Waals surface area contributed by atoms with E-state index in [9.17, 15) is 13.2 Å². The van der Waals surface area contributed by atoms with Crippen molar-refractivity contribution in [3.05, 3.63) is 36.5 Å². The Morgan fingerprint density at radius 1 is 0.818 bits per heavy atom. The maximum absolute atomic E-state index is 12.0. The molecule has 0 spiro atoms. The number of rotatable bonds is 0. The number of alkyl halides is 3. The van der Waals surface area contributed by atoms with Gasteiger partial charge in [0.2, 0.25) is 0 Å². The summed E-state index contributed by atoms with van der Waals surface area (Å²) in [6.45, 7) is 0. The normalized spacial score (nSPS) is 18.8. The van der Waals surface area contributed by atoms with Gasteiger partial charge in [-0.15, -0.1) is 0 Å². The molecule has 0 aromatic carbocycles. The summed E-state index contributed by atoms with van der Waals surface area (Å²) in [6, 6.07) is 0. The van der Waals surface area contributed by atoms with Gasteiger partial charge in [-0.2, -0.15) is 13.2 Å². The monoisotopic (exact) mass is 160 g/mol. The molecule has 0 bridgehead atoms. The average Bonchev–Trinajstić information content (AvgIpc) is 2.10. The van der Waals surface area contributed by atoms with Crippen LogP contribution in [-0.4, -0.2) is 6.18 Å². The predicted octanol–water partition coefficient (Wildman–Crippen LogP) is 2.85. The van der Waals surface area contributed by atoms with Crippen molar-refractivity contribution < 1.29 is 13.2 Å². The SMILES string of the molecule is FC(F)(F)C1C=CC=CC=C1. The Hall–Kier alpha value is -0.990. The molecule has 3 heteroatoms. The predicted molar refractivity (Wildman–Crippen MR) is 37.0 cm³/mol. The maximum Gasteiger partial charge on any atom is 0.398 e. The fourth-order valence-corrected chi connectivity index (χ4v) is 0.778. The van der Waals surface area contributed by atoms with Gasteiger partial charge >= 0.3 is 6.18 Å². The van der Waals surface area contributed by atoms with E-state index < -0.39 is 12.1 Å². The van der Waals surface area contributed by atoms with Gasteiger partial charge in [-0.3, -0.25) is 0 Å². The number of hydrogen-bond donors (Lipinski definition) is 0. The molecule has 60 valence electrons. The highest BCUT2D eigenvalue weighted by Crippen LogP contribution is 2.28. The van der Waals surface area contributed by atoms with Gasteiger partial charge in [0.05, 0.1) is 5.92 Å². The lowest BCUT2D eigenvalue weighted by molar-refractivity contribution is -0.148. The smallest absolute Gasteiger partial charge is 0.170 e. The number of allylic oxidation sites excluding steroid dienone is 6. The van der Waals surface area contributed by atoms with Crippen molar-refractivity contribution in [1.82, 2.24) is 0 Å². The molecule has 0 unspecified atom stereocenters. The lowest BCUT2D eigenvalue weighted by atomic mass is 10.1. The quantitative estimate of drug-likeness (QED) is 0.511. The zero-order valence-electron chi connectivity index (χ0n) is 5.68. The molecule has 0 fully saturated rings. The summed E-state index contributed by atoms with van der Waals surface area (Å²) < 4.78 is 36.0. The first-order chi connectivity index (χ1) is 5.11. The lowest BCUT2D eigenvalue weighted by Gasteiger charge is -2.10. The largest absolute Gasteiger partial charge is 0.398 e. The van der Waals surface area contributed by atoms with Crippen LogP contribution in [-0.2, 0) is 0 Å². The van der Waals surface area contributed by atoms with E-state index in [4.69, 9.17) is 0 Å². The summed E-state index contributed by atoms with van der Waals surface area (Å²) in [6.07, 6.45) is 4.04. The zero-order chi connectivity index (χ0) is 8.32. The molecule has 1 rings (SSSR count). The van der Waals surface area contributed by atoms with E-state index in [1.54, 1.807) is 12.2 Å². The fourth-order valence-electron chi connectivity index (χ4n) is 0.778. The molecular weight excluding hydrogens is 153 g/mol. The minimum atomic E-state index is -4.15. The molecule has 0 radical (unpaired) electrons. The van der Waals surface area contributed by atoms with Crippen LogP contribution in [0, 0.1) is 5.92 Å². The molecule has 0 atom stereocenters. The summed E-state index contributed by atoms with van der Waals surface area (Å²) in [5.74, 6) is -1.43. The summed E-state index contributed by atoms with van der Waals surface area (Å²) in [5, 5.41) is 0. The first kappa shape index (κ1) is 8.11.